The van der Waals surface area contributed by atoms with Gasteiger partial charge in [-0.1, -0.05) is 19.1 Å². The summed E-state index contributed by atoms with van der Waals surface area (Å²) in [7, 11) is 1.70. The first-order valence-electron chi connectivity index (χ1n) is 7.49. The maximum atomic E-state index is 6.52. The summed E-state index contributed by atoms with van der Waals surface area (Å²) >= 11 is 0. The smallest absolute Gasteiger partial charge is 0.127 e. The molecule has 0 aliphatic heterocycles. The van der Waals surface area contributed by atoms with Gasteiger partial charge in [0, 0.05) is 12.1 Å². The normalized spacial score (nSPS) is 12.5. The van der Waals surface area contributed by atoms with Crippen LogP contribution in [0.25, 0.3) is 0 Å². The molecule has 0 aliphatic carbocycles. The van der Waals surface area contributed by atoms with E-state index in [4.69, 9.17) is 10.5 Å². The second kappa shape index (κ2) is 6.31. The summed E-state index contributed by atoms with van der Waals surface area (Å²) in [6.45, 7) is 9.16. The van der Waals surface area contributed by atoms with Crippen LogP contribution in [0.5, 0.6) is 5.75 Å². The summed E-state index contributed by atoms with van der Waals surface area (Å²) in [5.74, 6) is 0.879. The van der Waals surface area contributed by atoms with Crippen LogP contribution in [0.3, 0.4) is 0 Å². The Morgan fingerprint density at radius 1 is 1.29 bits per heavy atom. The fourth-order valence-corrected chi connectivity index (χ4v) is 2.65. The van der Waals surface area contributed by atoms with Crippen molar-refractivity contribution in [3.63, 3.8) is 0 Å². The van der Waals surface area contributed by atoms with Crippen molar-refractivity contribution in [1.82, 2.24) is 9.78 Å². The molecule has 114 valence electrons. The van der Waals surface area contributed by atoms with E-state index in [9.17, 15) is 0 Å². The van der Waals surface area contributed by atoms with Gasteiger partial charge in [0.05, 0.1) is 24.5 Å². The van der Waals surface area contributed by atoms with E-state index in [0.29, 0.717) is 0 Å². The summed E-state index contributed by atoms with van der Waals surface area (Å²) in [4.78, 5) is 0. The number of nitrogens with zero attached hydrogens (tertiary/aromatic N) is 2. The first kappa shape index (κ1) is 15.6. The topological polar surface area (TPSA) is 53.1 Å². The summed E-state index contributed by atoms with van der Waals surface area (Å²) < 4.78 is 7.58. The standard InChI is InChI=1S/C17H25N3O/c1-6-13-10-15(20(7-2)19-13)16(18)14-9-8-11(3)12(4)17(14)21-5/h8-10,16H,6-7,18H2,1-5H3. The molecule has 1 unspecified atom stereocenters. The van der Waals surface area contributed by atoms with Gasteiger partial charge < -0.3 is 10.5 Å². The maximum Gasteiger partial charge on any atom is 0.127 e. The zero-order valence-corrected chi connectivity index (χ0v) is 13.6. The van der Waals surface area contributed by atoms with Gasteiger partial charge in [0.2, 0.25) is 0 Å². The molecule has 0 radical (unpaired) electrons. The SMILES string of the molecule is CCc1cc(C(N)c2ccc(C)c(C)c2OC)n(CC)n1. The van der Waals surface area contributed by atoms with Crippen LogP contribution in [-0.4, -0.2) is 16.9 Å². The molecule has 4 nitrogen and oxygen atoms in total. The maximum absolute atomic E-state index is 6.52. The first-order valence-corrected chi connectivity index (χ1v) is 7.49. The average Bonchev–Trinajstić information content (AvgIpc) is 2.92. The third kappa shape index (κ3) is 2.81. The molecule has 2 rings (SSSR count). The highest BCUT2D eigenvalue weighted by Gasteiger charge is 2.20. The lowest BCUT2D eigenvalue weighted by Crippen LogP contribution is -2.18. The van der Waals surface area contributed by atoms with E-state index in [1.54, 1.807) is 7.11 Å². The molecule has 1 aromatic carbocycles. The molecule has 0 aliphatic rings. The highest BCUT2D eigenvalue weighted by atomic mass is 16.5. The van der Waals surface area contributed by atoms with E-state index in [1.807, 2.05) is 4.68 Å². The van der Waals surface area contributed by atoms with Crippen molar-refractivity contribution in [3.05, 3.63) is 46.3 Å². The van der Waals surface area contributed by atoms with Gasteiger partial charge in [0.25, 0.3) is 0 Å². The van der Waals surface area contributed by atoms with E-state index < -0.39 is 0 Å². The lowest BCUT2D eigenvalue weighted by molar-refractivity contribution is 0.403. The molecule has 0 fully saturated rings. The zero-order valence-electron chi connectivity index (χ0n) is 13.6. The highest BCUT2D eigenvalue weighted by molar-refractivity contribution is 5.48. The van der Waals surface area contributed by atoms with Gasteiger partial charge in [-0.3, -0.25) is 4.68 Å². The first-order chi connectivity index (χ1) is 10.0. The van der Waals surface area contributed by atoms with Crippen molar-refractivity contribution in [2.45, 2.75) is 46.7 Å². The van der Waals surface area contributed by atoms with Gasteiger partial charge in [-0.25, -0.2) is 0 Å². The molecule has 0 saturated heterocycles. The van der Waals surface area contributed by atoms with Crippen molar-refractivity contribution in [3.8, 4) is 5.75 Å². The Hall–Kier alpha value is -1.81. The lowest BCUT2D eigenvalue weighted by atomic mass is 9.97. The van der Waals surface area contributed by atoms with Gasteiger partial charge in [-0.2, -0.15) is 5.10 Å². The monoisotopic (exact) mass is 287 g/mol. The van der Waals surface area contributed by atoms with Gasteiger partial charge in [0.15, 0.2) is 0 Å². The van der Waals surface area contributed by atoms with Crippen molar-refractivity contribution >= 4 is 0 Å². The minimum Gasteiger partial charge on any atom is -0.496 e. The minimum atomic E-state index is -0.230. The zero-order chi connectivity index (χ0) is 15.6. The number of benzene rings is 1. The molecule has 0 bridgehead atoms. The summed E-state index contributed by atoms with van der Waals surface area (Å²) in [5.41, 5.74) is 12.0. The molecule has 1 aromatic heterocycles. The van der Waals surface area contributed by atoms with E-state index in [-0.39, 0.29) is 6.04 Å². The summed E-state index contributed by atoms with van der Waals surface area (Å²) in [5, 5.41) is 4.59. The van der Waals surface area contributed by atoms with Gasteiger partial charge >= 0.3 is 0 Å². The molecule has 2 aromatic rings. The van der Waals surface area contributed by atoms with Gasteiger partial charge in [-0.15, -0.1) is 0 Å². The van der Waals surface area contributed by atoms with Gasteiger partial charge in [0.1, 0.15) is 5.75 Å². The quantitative estimate of drug-likeness (QED) is 0.919. The number of nitrogens with two attached hydrogens (primary N) is 1. The molecule has 1 heterocycles. The van der Waals surface area contributed by atoms with E-state index in [2.05, 4.69) is 51.0 Å². The fraction of sp³-hybridized carbons (Fsp3) is 0.471. The lowest BCUT2D eigenvalue weighted by Gasteiger charge is -2.19. The van der Waals surface area contributed by atoms with Crippen LogP contribution >= 0.6 is 0 Å². The van der Waals surface area contributed by atoms with Crippen LogP contribution in [-0.2, 0) is 13.0 Å². The van der Waals surface area contributed by atoms with Crippen molar-refractivity contribution in [2.24, 2.45) is 5.73 Å². The average molecular weight is 287 g/mol. The third-order valence-corrected chi connectivity index (χ3v) is 4.09. The predicted molar refractivity (Wildman–Crippen MR) is 85.8 cm³/mol. The number of rotatable bonds is 5. The molecule has 1 atom stereocenters. The van der Waals surface area contributed by atoms with Crippen molar-refractivity contribution in [1.29, 1.82) is 0 Å². The Bertz CT molecular complexity index is 631. The highest BCUT2D eigenvalue weighted by Crippen LogP contribution is 2.33. The number of aryl methyl sites for hydroxylation is 3. The van der Waals surface area contributed by atoms with Crippen LogP contribution in [0.2, 0.25) is 0 Å². The number of methoxy groups -OCH3 is 1. The van der Waals surface area contributed by atoms with E-state index in [1.165, 1.54) is 5.56 Å². The largest absolute Gasteiger partial charge is 0.496 e. The Morgan fingerprint density at radius 2 is 2.00 bits per heavy atom. The molecular weight excluding hydrogens is 262 g/mol. The molecule has 0 amide bonds. The predicted octanol–water partition coefficient (Wildman–Crippen LogP) is 3.14. The Morgan fingerprint density at radius 3 is 2.57 bits per heavy atom. The van der Waals surface area contributed by atoms with Crippen LogP contribution in [0.4, 0.5) is 0 Å². The van der Waals surface area contributed by atoms with Crippen molar-refractivity contribution in [2.75, 3.05) is 7.11 Å². The molecule has 2 N–H and O–H groups in total. The molecular formula is C17H25N3O. The van der Waals surface area contributed by atoms with Crippen LogP contribution in [0.15, 0.2) is 18.2 Å². The number of hydrogen-bond acceptors (Lipinski definition) is 3. The van der Waals surface area contributed by atoms with Crippen LogP contribution in [0, 0.1) is 13.8 Å². The number of ether oxygens (including phenoxy) is 1. The third-order valence-electron chi connectivity index (χ3n) is 4.09. The van der Waals surface area contributed by atoms with Crippen LogP contribution < -0.4 is 10.5 Å². The molecule has 0 saturated carbocycles. The Balaban J connectivity index is 2.52. The Kier molecular flexibility index (Phi) is 4.68. The molecule has 0 spiro atoms. The van der Waals surface area contributed by atoms with E-state index >= 15 is 0 Å². The number of hydrogen-bond donors (Lipinski definition) is 1. The second-order valence-electron chi connectivity index (χ2n) is 5.34. The summed E-state index contributed by atoms with van der Waals surface area (Å²) in [6, 6.07) is 6.03. The molecule has 21 heavy (non-hydrogen) atoms. The Labute approximate surface area is 126 Å². The fourth-order valence-electron chi connectivity index (χ4n) is 2.65. The molecule has 4 heteroatoms. The minimum absolute atomic E-state index is 0.230. The number of aromatic nitrogens is 2. The van der Waals surface area contributed by atoms with Gasteiger partial charge in [-0.05, 0) is 44.4 Å². The van der Waals surface area contributed by atoms with Crippen LogP contribution in [0.1, 0.15) is 48.0 Å². The summed E-state index contributed by atoms with van der Waals surface area (Å²) in [6.07, 6.45) is 0.913. The van der Waals surface area contributed by atoms with E-state index in [0.717, 1.165) is 41.2 Å². The van der Waals surface area contributed by atoms with Crippen molar-refractivity contribution < 1.29 is 4.74 Å². The second-order valence-corrected chi connectivity index (χ2v) is 5.34.